The second-order valence-electron chi connectivity index (χ2n) is 4.63. The molecule has 120 valence electrons. The van der Waals surface area contributed by atoms with Gasteiger partial charge in [0.25, 0.3) is 0 Å². The van der Waals surface area contributed by atoms with Crippen molar-refractivity contribution in [1.29, 1.82) is 0 Å². The van der Waals surface area contributed by atoms with Gasteiger partial charge in [0.2, 0.25) is 10.0 Å². The van der Waals surface area contributed by atoms with E-state index in [1.165, 1.54) is 20.0 Å². The molecular weight excluding hydrogens is 435 g/mol. The Kier molecular flexibility index (Phi) is 6.39. The van der Waals surface area contributed by atoms with Gasteiger partial charge in [-0.25, -0.2) is 21.9 Å². The number of nitrogens with one attached hydrogen (secondary N) is 2. The molecule has 10 heteroatoms. The Morgan fingerprint density at radius 2 is 2.05 bits per heavy atom. The van der Waals surface area contributed by atoms with E-state index in [0.29, 0.717) is 3.57 Å². The Labute approximate surface area is 141 Å². The van der Waals surface area contributed by atoms with Crippen molar-refractivity contribution in [1.82, 2.24) is 10.0 Å². The van der Waals surface area contributed by atoms with Crippen molar-refractivity contribution < 1.29 is 17.2 Å². The molecule has 1 aromatic rings. The van der Waals surface area contributed by atoms with E-state index in [9.17, 15) is 17.2 Å². The second-order valence-corrected chi connectivity index (χ2v) is 8.36. The molecule has 5 nitrogen and oxygen atoms in total. The van der Waals surface area contributed by atoms with Crippen LogP contribution in [0, 0.1) is 15.2 Å². The number of rotatable bonds is 6. The molecule has 0 aliphatic rings. The van der Waals surface area contributed by atoms with E-state index in [0.717, 1.165) is 6.07 Å². The van der Waals surface area contributed by atoms with Crippen LogP contribution in [-0.4, -0.2) is 26.7 Å². The summed E-state index contributed by atoms with van der Waals surface area (Å²) in [4.78, 5) is 0. The molecule has 0 radical (unpaired) electrons. The molecule has 2 atom stereocenters. The highest BCUT2D eigenvalue weighted by Crippen LogP contribution is 2.29. The van der Waals surface area contributed by atoms with E-state index in [1.807, 2.05) is 22.6 Å². The Balaban J connectivity index is 3.44. The summed E-state index contributed by atoms with van der Waals surface area (Å²) in [6.07, 6.45) is 0. The average molecular weight is 451 g/mol. The van der Waals surface area contributed by atoms with Crippen molar-refractivity contribution >= 4 is 45.2 Å². The molecule has 4 N–H and O–H groups in total. The summed E-state index contributed by atoms with van der Waals surface area (Å²) in [5.41, 5.74) is 3.03. The second kappa shape index (κ2) is 7.04. The summed E-state index contributed by atoms with van der Waals surface area (Å²) in [6, 6.07) is 2.39. The van der Waals surface area contributed by atoms with E-state index >= 15 is 0 Å². The minimum atomic E-state index is -3.71. The molecule has 0 heterocycles. The predicted molar refractivity (Wildman–Crippen MR) is 89.4 cm³/mol. The number of thiol groups is 1. The molecular formula is C11H16F2IN3O2S2. The van der Waals surface area contributed by atoms with Gasteiger partial charge >= 0.3 is 0 Å². The van der Waals surface area contributed by atoms with Gasteiger partial charge in [-0.1, -0.05) is 0 Å². The minimum Gasteiger partial charge on any atom is -0.308 e. The van der Waals surface area contributed by atoms with E-state index < -0.39 is 38.4 Å². The van der Waals surface area contributed by atoms with E-state index in [1.54, 1.807) is 0 Å². The molecule has 0 fully saturated rings. The van der Waals surface area contributed by atoms with Crippen LogP contribution in [0.25, 0.3) is 0 Å². The maximum atomic E-state index is 14.1. The first-order valence-electron chi connectivity index (χ1n) is 5.78. The van der Waals surface area contributed by atoms with Crippen LogP contribution in [-0.2, 0) is 15.6 Å². The van der Waals surface area contributed by atoms with Crippen molar-refractivity contribution in [3.05, 3.63) is 32.9 Å². The van der Waals surface area contributed by atoms with Crippen LogP contribution in [0.4, 0.5) is 8.78 Å². The minimum absolute atomic E-state index is 0.129. The maximum absolute atomic E-state index is 14.1. The monoisotopic (exact) mass is 451 g/mol. The zero-order valence-electron chi connectivity index (χ0n) is 11.3. The Hall–Kier alpha value is -0.0100. The van der Waals surface area contributed by atoms with E-state index in [-0.39, 0.29) is 5.56 Å². The third-order valence-corrected chi connectivity index (χ3v) is 5.17. The van der Waals surface area contributed by atoms with Gasteiger partial charge in [-0.2, -0.15) is 0 Å². The maximum Gasteiger partial charge on any atom is 0.213 e. The Morgan fingerprint density at radius 1 is 1.48 bits per heavy atom. The lowest BCUT2D eigenvalue weighted by Gasteiger charge is -2.33. The fraction of sp³-hybridized carbons (Fsp3) is 0.455. The Bertz CT molecular complexity index is 628. The first-order valence-corrected chi connectivity index (χ1v) is 9.03. The number of hydrogen-bond acceptors (Lipinski definition) is 5. The normalized spacial score (nSPS) is 16.5. The lowest BCUT2D eigenvalue weighted by molar-refractivity contribution is 0.368. The number of hydrogen-bond donors (Lipinski definition) is 4. The van der Waals surface area contributed by atoms with Gasteiger partial charge in [-0.15, -0.1) is 12.6 Å². The zero-order valence-corrected chi connectivity index (χ0v) is 15.2. The molecule has 0 amide bonds. The molecule has 0 saturated carbocycles. The van der Waals surface area contributed by atoms with Crippen LogP contribution in [0.2, 0.25) is 0 Å². The molecule has 2 unspecified atom stereocenters. The highest BCUT2D eigenvalue weighted by molar-refractivity contribution is 14.1. The molecule has 0 spiro atoms. The van der Waals surface area contributed by atoms with Gasteiger partial charge in [-0.3, -0.25) is 5.32 Å². The van der Waals surface area contributed by atoms with E-state index in [4.69, 9.17) is 5.73 Å². The molecule has 21 heavy (non-hydrogen) atoms. The van der Waals surface area contributed by atoms with Crippen molar-refractivity contribution in [2.45, 2.75) is 18.0 Å². The van der Waals surface area contributed by atoms with E-state index in [2.05, 4.69) is 22.7 Å². The van der Waals surface area contributed by atoms with Crippen molar-refractivity contribution in [2.24, 2.45) is 5.73 Å². The molecule has 0 aliphatic heterocycles. The third kappa shape index (κ3) is 4.99. The summed E-state index contributed by atoms with van der Waals surface area (Å²) in [6.45, 7) is 1.42. The van der Waals surface area contributed by atoms with Gasteiger partial charge in [0.05, 0.1) is 11.3 Å². The smallest absolute Gasteiger partial charge is 0.213 e. The standard InChI is InChI=1S/C11H16F2IN3O2S2/c1-11(17-10(15)20,5-21(18,19)16-2)7-3-6(14)4-8(12)9(7)13/h3-4,10,16-17,20H,5,15H2,1-2H3. The van der Waals surface area contributed by atoms with Gasteiger partial charge in [0, 0.05) is 9.13 Å². The van der Waals surface area contributed by atoms with Crippen molar-refractivity contribution in [3.63, 3.8) is 0 Å². The molecule has 0 aliphatic carbocycles. The molecule has 0 bridgehead atoms. The largest absolute Gasteiger partial charge is 0.308 e. The number of sulfonamides is 1. The highest BCUT2D eigenvalue weighted by atomic mass is 127. The average Bonchev–Trinajstić information content (AvgIpc) is 2.31. The van der Waals surface area contributed by atoms with Crippen LogP contribution in [0.15, 0.2) is 12.1 Å². The summed E-state index contributed by atoms with van der Waals surface area (Å²) >= 11 is 5.76. The predicted octanol–water partition coefficient (Wildman–Crippen LogP) is 1.10. The first kappa shape index (κ1) is 19.0. The summed E-state index contributed by atoms with van der Waals surface area (Å²) < 4.78 is 53.9. The quantitative estimate of drug-likeness (QED) is 0.226. The highest BCUT2D eigenvalue weighted by Gasteiger charge is 2.36. The third-order valence-electron chi connectivity index (χ3n) is 2.84. The van der Waals surface area contributed by atoms with Crippen LogP contribution < -0.4 is 15.8 Å². The summed E-state index contributed by atoms with van der Waals surface area (Å²) in [5.74, 6) is -2.70. The van der Waals surface area contributed by atoms with Gasteiger partial charge in [-0.05, 0) is 48.7 Å². The molecule has 0 aromatic heterocycles. The van der Waals surface area contributed by atoms with Crippen LogP contribution in [0.5, 0.6) is 0 Å². The van der Waals surface area contributed by atoms with Gasteiger partial charge in [0.1, 0.15) is 5.50 Å². The molecule has 0 saturated heterocycles. The lowest BCUT2D eigenvalue weighted by Crippen LogP contribution is -2.53. The summed E-state index contributed by atoms with van der Waals surface area (Å²) in [5, 5.41) is 2.67. The SMILES string of the molecule is CNS(=O)(=O)CC(C)(NC(N)S)c1cc(I)cc(F)c1F. The zero-order chi connectivity index (χ0) is 16.4. The number of halogens is 3. The fourth-order valence-electron chi connectivity index (χ4n) is 1.93. The van der Waals surface area contributed by atoms with Crippen molar-refractivity contribution in [3.8, 4) is 0 Å². The number of benzene rings is 1. The topological polar surface area (TPSA) is 84.2 Å². The van der Waals surface area contributed by atoms with Crippen molar-refractivity contribution in [2.75, 3.05) is 12.8 Å². The summed E-state index contributed by atoms with van der Waals surface area (Å²) in [7, 11) is -2.47. The fourth-order valence-corrected chi connectivity index (χ4v) is 3.95. The lowest BCUT2D eigenvalue weighted by atomic mass is 9.93. The van der Waals surface area contributed by atoms with Gasteiger partial charge in [0.15, 0.2) is 11.6 Å². The van der Waals surface area contributed by atoms with Crippen LogP contribution in [0.3, 0.4) is 0 Å². The molecule has 1 rings (SSSR count). The Morgan fingerprint density at radius 3 is 2.52 bits per heavy atom. The van der Waals surface area contributed by atoms with Crippen LogP contribution >= 0.6 is 35.2 Å². The number of nitrogens with two attached hydrogens (primary N) is 1. The first-order chi connectivity index (χ1) is 9.50. The van der Waals surface area contributed by atoms with Crippen LogP contribution in [0.1, 0.15) is 12.5 Å². The van der Waals surface area contributed by atoms with Gasteiger partial charge < -0.3 is 5.73 Å². The molecule has 1 aromatic carbocycles.